The van der Waals surface area contributed by atoms with E-state index < -0.39 is 0 Å². The molecule has 1 aliphatic rings. The summed E-state index contributed by atoms with van der Waals surface area (Å²) >= 11 is 1.31. The van der Waals surface area contributed by atoms with E-state index in [-0.39, 0.29) is 11.2 Å². The maximum absolute atomic E-state index is 12.6. The van der Waals surface area contributed by atoms with Crippen LogP contribution in [0.25, 0.3) is 11.5 Å². The molecule has 1 fully saturated rings. The lowest BCUT2D eigenvalue weighted by molar-refractivity contribution is -0.902. The molecule has 0 bridgehead atoms. The number of hydrogen-bond donors (Lipinski definition) is 1. The number of aryl methyl sites for hydroxylation is 1. The average molecular weight is 351 g/mol. The number of aromatic nitrogens is 2. The van der Waals surface area contributed by atoms with E-state index in [1.165, 1.54) is 11.8 Å². The molecule has 0 aromatic carbocycles. The number of quaternary nitrogens is 1. The molecule has 0 spiro atoms. The molecule has 1 atom stereocenters. The highest BCUT2D eigenvalue weighted by molar-refractivity contribution is 8.00. The number of furan rings is 1. The Kier molecular flexibility index (Phi) is 5.25. The van der Waals surface area contributed by atoms with Gasteiger partial charge in [0, 0.05) is 0 Å². The molecular formula is C16H23N4O3S+. The standard InChI is InChI=1S/C16H22N4O3S/c1-4-19-6-8-20(9-7-19)15(21)12(3)24-16-18-17-14(23-16)13-5-10-22-11(13)2/h5,10,12H,4,6-9H2,1-3H3/p+1/t12-/m1/s1. The first-order valence-electron chi connectivity index (χ1n) is 8.25. The summed E-state index contributed by atoms with van der Waals surface area (Å²) in [6, 6.07) is 1.79. The zero-order valence-electron chi connectivity index (χ0n) is 14.2. The Labute approximate surface area is 145 Å². The lowest BCUT2D eigenvalue weighted by Crippen LogP contribution is -3.14. The number of carbonyl (C=O) groups is 1. The maximum Gasteiger partial charge on any atom is 0.277 e. The number of piperazine rings is 1. The number of nitrogens with zero attached hydrogens (tertiary/aromatic N) is 3. The predicted octanol–water partition coefficient (Wildman–Crippen LogP) is 0.866. The van der Waals surface area contributed by atoms with Gasteiger partial charge in [0.15, 0.2) is 0 Å². The molecular weight excluding hydrogens is 328 g/mol. The molecule has 7 nitrogen and oxygen atoms in total. The van der Waals surface area contributed by atoms with Crippen molar-refractivity contribution in [2.75, 3.05) is 32.7 Å². The first-order valence-corrected chi connectivity index (χ1v) is 9.13. The molecule has 24 heavy (non-hydrogen) atoms. The van der Waals surface area contributed by atoms with Gasteiger partial charge < -0.3 is 18.6 Å². The molecule has 0 radical (unpaired) electrons. The minimum absolute atomic E-state index is 0.134. The Morgan fingerprint density at radius 2 is 2.17 bits per heavy atom. The number of thioether (sulfide) groups is 1. The fourth-order valence-corrected chi connectivity index (χ4v) is 3.60. The summed E-state index contributed by atoms with van der Waals surface area (Å²) in [5.41, 5.74) is 0.784. The van der Waals surface area contributed by atoms with Crippen LogP contribution in [0.2, 0.25) is 0 Å². The smallest absolute Gasteiger partial charge is 0.277 e. The van der Waals surface area contributed by atoms with Crippen molar-refractivity contribution in [1.82, 2.24) is 15.1 Å². The third-order valence-corrected chi connectivity index (χ3v) is 5.33. The lowest BCUT2D eigenvalue weighted by Gasteiger charge is -2.32. The Balaban J connectivity index is 1.59. The summed E-state index contributed by atoms with van der Waals surface area (Å²) in [5.74, 6) is 1.29. The van der Waals surface area contributed by atoms with Crippen LogP contribution in [-0.4, -0.2) is 59.0 Å². The van der Waals surface area contributed by atoms with Crippen LogP contribution >= 0.6 is 11.8 Å². The normalized spacial score (nSPS) is 17.2. The summed E-state index contributed by atoms with van der Waals surface area (Å²) in [7, 11) is 0. The van der Waals surface area contributed by atoms with E-state index in [1.54, 1.807) is 17.2 Å². The van der Waals surface area contributed by atoms with Crippen LogP contribution in [0.4, 0.5) is 0 Å². The van der Waals surface area contributed by atoms with Crippen molar-refractivity contribution in [3.05, 3.63) is 18.1 Å². The van der Waals surface area contributed by atoms with Gasteiger partial charge in [0.05, 0.1) is 49.8 Å². The fraction of sp³-hybridized carbons (Fsp3) is 0.562. The molecule has 130 valence electrons. The molecule has 1 saturated heterocycles. The summed E-state index contributed by atoms with van der Waals surface area (Å²) < 4.78 is 10.9. The minimum Gasteiger partial charge on any atom is -0.469 e. The Hall–Kier alpha value is -1.80. The highest BCUT2D eigenvalue weighted by Crippen LogP contribution is 2.28. The van der Waals surface area contributed by atoms with Gasteiger partial charge in [-0.2, -0.15) is 0 Å². The molecule has 3 heterocycles. The minimum atomic E-state index is -0.244. The second-order valence-electron chi connectivity index (χ2n) is 5.95. The highest BCUT2D eigenvalue weighted by atomic mass is 32.2. The van der Waals surface area contributed by atoms with Crippen molar-refractivity contribution in [1.29, 1.82) is 0 Å². The molecule has 0 saturated carbocycles. The van der Waals surface area contributed by atoms with Crippen LogP contribution in [0, 0.1) is 6.92 Å². The lowest BCUT2D eigenvalue weighted by atomic mass is 10.3. The number of nitrogens with one attached hydrogen (secondary N) is 1. The Morgan fingerprint density at radius 1 is 1.42 bits per heavy atom. The van der Waals surface area contributed by atoms with E-state index in [2.05, 4.69) is 17.1 Å². The van der Waals surface area contributed by atoms with Gasteiger partial charge in [-0.15, -0.1) is 10.2 Å². The largest absolute Gasteiger partial charge is 0.469 e. The summed E-state index contributed by atoms with van der Waals surface area (Å²) in [4.78, 5) is 16.1. The van der Waals surface area contributed by atoms with E-state index in [0.717, 1.165) is 44.0 Å². The van der Waals surface area contributed by atoms with Crippen molar-refractivity contribution in [3.63, 3.8) is 0 Å². The Bertz CT molecular complexity index is 691. The van der Waals surface area contributed by atoms with Crippen LogP contribution < -0.4 is 4.90 Å². The number of carbonyl (C=O) groups excluding carboxylic acids is 1. The zero-order valence-corrected chi connectivity index (χ0v) is 15.1. The van der Waals surface area contributed by atoms with Gasteiger partial charge in [0.2, 0.25) is 5.91 Å². The zero-order chi connectivity index (χ0) is 17.1. The van der Waals surface area contributed by atoms with Gasteiger partial charge in [-0.3, -0.25) is 4.79 Å². The topological polar surface area (TPSA) is 76.8 Å². The molecule has 8 heteroatoms. The molecule has 0 aliphatic carbocycles. The average Bonchev–Trinajstić information content (AvgIpc) is 3.22. The maximum atomic E-state index is 12.6. The van der Waals surface area contributed by atoms with Gasteiger partial charge in [-0.25, -0.2) is 0 Å². The molecule has 0 unspecified atom stereocenters. The monoisotopic (exact) mass is 351 g/mol. The molecule has 1 amide bonds. The van der Waals surface area contributed by atoms with Crippen LogP contribution in [-0.2, 0) is 4.79 Å². The SMILES string of the molecule is CC[NH+]1CCN(C(=O)[C@@H](C)Sc2nnc(-c3ccoc3C)o2)CC1. The summed E-state index contributed by atoms with van der Waals surface area (Å²) in [6.45, 7) is 10.7. The number of amides is 1. The molecule has 2 aromatic rings. The molecule has 2 aromatic heterocycles. The van der Waals surface area contributed by atoms with Gasteiger partial charge >= 0.3 is 0 Å². The van der Waals surface area contributed by atoms with Gasteiger partial charge in [-0.1, -0.05) is 11.8 Å². The fourth-order valence-electron chi connectivity index (χ4n) is 2.83. The van der Waals surface area contributed by atoms with Crippen molar-refractivity contribution >= 4 is 17.7 Å². The molecule has 1 aliphatic heterocycles. The third kappa shape index (κ3) is 3.64. The summed E-state index contributed by atoms with van der Waals surface area (Å²) in [5, 5.41) is 8.24. The van der Waals surface area contributed by atoms with E-state index in [9.17, 15) is 4.79 Å². The van der Waals surface area contributed by atoms with E-state index in [0.29, 0.717) is 11.1 Å². The van der Waals surface area contributed by atoms with E-state index in [1.807, 2.05) is 18.7 Å². The van der Waals surface area contributed by atoms with Crippen molar-refractivity contribution in [2.45, 2.75) is 31.2 Å². The quantitative estimate of drug-likeness (QED) is 0.806. The summed E-state index contributed by atoms with van der Waals surface area (Å²) in [6.07, 6.45) is 1.59. The number of hydrogen-bond acceptors (Lipinski definition) is 6. The number of likely N-dealkylation sites (N-methyl/N-ethyl adjacent to an activating group) is 1. The second-order valence-corrected chi connectivity index (χ2v) is 7.24. The second kappa shape index (κ2) is 7.40. The van der Waals surface area contributed by atoms with Crippen LogP contribution in [0.1, 0.15) is 19.6 Å². The third-order valence-electron chi connectivity index (χ3n) is 4.40. The van der Waals surface area contributed by atoms with Gasteiger partial charge in [0.1, 0.15) is 5.76 Å². The Morgan fingerprint density at radius 3 is 2.79 bits per heavy atom. The van der Waals surface area contributed by atoms with Crippen LogP contribution in [0.5, 0.6) is 0 Å². The van der Waals surface area contributed by atoms with E-state index >= 15 is 0 Å². The van der Waals surface area contributed by atoms with Gasteiger partial charge in [0.25, 0.3) is 11.1 Å². The van der Waals surface area contributed by atoms with Crippen molar-refractivity contribution in [3.8, 4) is 11.5 Å². The first kappa shape index (κ1) is 17.0. The van der Waals surface area contributed by atoms with E-state index in [4.69, 9.17) is 8.83 Å². The molecule has 3 rings (SSSR count). The van der Waals surface area contributed by atoms with Crippen LogP contribution in [0.15, 0.2) is 26.4 Å². The predicted molar refractivity (Wildman–Crippen MR) is 89.9 cm³/mol. The van der Waals surface area contributed by atoms with Crippen LogP contribution in [0.3, 0.4) is 0 Å². The number of rotatable bonds is 5. The highest BCUT2D eigenvalue weighted by Gasteiger charge is 2.28. The molecule has 1 N–H and O–H groups in total. The first-order chi connectivity index (χ1) is 11.6. The van der Waals surface area contributed by atoms with Crippen molar-refractivity contribution in [2.24, 2.45) is 0 Å². The van der Waals surface area contributed by atoms with Crippen molar-refractivity contribution < 1.29 is 18.5 Å². The van der Waals surface area contributed by atoms with Gasteiger partial charge in [-0.05, 0) is 26.8 Å².